The van der Waals surface area contributed by atoms with E-state index >= 15 is 0 Å². The molecule has 2 aromatic carbocycles. The lowest BCUT2D eigenvalue weighted by Gasteiger charge is -2.15. The van der Waals surface area contributed by atoms with Gasteiger partial charge in [0.05, 0.1) is 17.4 Å². The number of hydrogen-bond acceptors (Lipinski definition) is 3. The molecule has 0 heterocycles. The lowest BCUT2D eigenvalue weighted by Crippen LogP contribution is -2.28. The van der Waals surface area contributed by atoms with Gasteiger partial charge in [0.15, 0.2) is 9.84 Å². The molecule has 1 N–H and O–H groups in total. The number of amides is 1. The second-order valence-corrected chi connectivity index (χ2v) is 8.24. The average molecular weight is 345 g/mol. The van der Waals surface area contributed by atoms with Crippen molar-refractivity contribution in [3.63, 3.8) is 0 Å². The molecule has 0 radical (unpaired) electrons. The number of aryl methyl sites for hydroxylation is 2. The van der Waals surface area contributed by atoms with Crippen molar-refractivity contribution in [1.82, 2.24) is 5.32 Å². The van der Waals surface area contributed by atoms with Crippen molar-refractivity contribution < 1.29 is 13.2 Å². The standard InChI is InChI=1S/C19H23NO3S/c1-13-5-6-16(11-14(13)2)12-19(21)20-15(3)17-7-9-18(10-8-17)24(4,22)23/h5-11,15H,12H2,1-4H3,(H,20,21)/t15-/m1/s1. The Labute approximate surface area is 143 Å². The first-order valence-electron chi connectivity index (χ1n) is 7.82. The molecule has 0 spiro atoms. The number of nitrogens with one attached hydrogen (secondary N) is 1. The van der Waals surface area contributed by atoms with Gasteiger partial charge in [0.1, 0.15) is 0 Å². The Kier molecular flexibility index (Phi) is 5.44. The molecular formula is C19H23NO3S. The van der Waals surface area contributed by atoms with Crippen LogP contribution in [0.1, 0.15) is 35.2 Å². The fourth-order valence-electron chi connectivity index (χ4n) is 2.48. The quantitative estimate of drug-likeness (QED) is 0.905. The van der Waals surface area contributed by atoms with Gasteiger partial charge in [0.25, 0.3) is 0 Å². The van der Waals surface area contributed by atoms with E-state index in [2.05, 4.69) is 5.32 Å². The largest absolute Gasteiger partial charge is 0.349 e. The maximum atomic E-state index is 12.2. The van der Waals surface area contributed by atoms with Gasteiger partial charge in [-0.3, -0.25) is 4.79 Å². The summed E-state index contributed by atoms with van der Waals surface area (Å²) in [6.45, 7) is 5.96. The minimum absolute atomic E-state index is 0.0575. The van der Waals surface area contributed by atoms with Crippen LogP contribution in [0.4, 0.5) is 0 Å². The third kappa shape index (κ3) is 4.68. The highest BCUT2D eigenvalue weighted by Crippen LogP contribution is 2.17. The molecule has 0 aromatic heterocycles. The second kappa shape index (κ2) is 7.18. The van der Waals surface area contributed by atoms with Crippen LogP contribution in [0.2, 0.25) is 0 Å². The number of benzene rings is 2. The van der Waals surface area contributed by atoms with E-state index in [4.69, 9.17) is 0 Å². The lowest BCUT2D eigenvalue weighted by molar-refractivity contribution is -0.121. The van der Waals surface area contributed by atoms with Crippen molar-refractivity contribution in [3.8, 4) is 0 Å². The van der Waals surface area contributed by atoms with Gasteiger partial charge in [0, 0.05) is 6.26 Å². The Morgan fingerprint density at radius 1 is 1.04 bits per heavy atom. The zero-order chi connectivity index (χ0) is 17.9. The summed E-state index contributed by atoms with van der Waals surface area (Å²) in [6, 6.07) is 12.4. The predicted molar refractivity (Wildman–Crippen MR) is 95.7 cm³/mol. The number of rotatable bonds is 5. The van der Waals surface area contributed by atoms with Gasteiger partial charge in [-0.25, -0.2) is 8.42 Å². The van der Waals surface area contributed by atoms with E-state index in [0.717, 1.165) is 11.1 Å². The van der Waals surface area contributed by atoms with E-state index in [0.29, 0.717) is 6.42 Å². The van der Waals surface area contributed by atoms with Crippen molar-refractivity contribution in [2.24, 2.45) is 0 Å². The van der Waals surface area contributed by atoms with Gasteiger partial charge in [-0.15, -0.1) is 0 Å². The summed E-state index contributed by atoms with van der Waals surface area (Å²) in [5.74, 6) is -0.0575. The number of hydrogen-bond donors (Lipinski definition) is 1. The van der Waals surface area contributed by atoms with Crippen molar-refractivity contribution in [2.75, 3.05) is 6.26 Å². The van der Waals surface area contributed by atoms with Crippen LogP contribution in [0.3, 0.4) is 0 Å². The molecule has 0 saturated carbocycles. The van der Waals surface area contributed by atoms with Crippen LogP contribution in [0.5, 0.6) is 0 Å². The average Bonchev–Trinajstić information content (AvgIpc) is 2.50. The molecule has 0 aliphatic rings. The van der Waals surface area contributed by atoms with E-state index in [1.54, 1.807) is 24.3 Å². The first-order valence-corrected chi connectivity index (χ1v) is 9.71. The topological polar surface area (TPSA) is 63.2 Å². The van der Waals surface area contributed by atoms with Crippen LogP contribution in [0, 0.1) is 13.8 Å². The van der Waals surface area contributed by atoms with E-state index in [1.807, 2.05) is 39.0 Å². The summed E-state index contributed by atoms with van der Waals surface area (Å²) in [7, 11) is -3.20. The van der Waals surface area contributed by atoms with E-state index in [-0.39, 0.29) is 16.8 Å². The summed E-state index contributed by atoms with van der Waals surface area (Å²) in [5.41, 5.74) is 4.23. The number of carbonyl (C=O) groups excluding carboxylic acids is 1. The third-order valence-electron chi connectivity index (χ3n) is 4.12. The van der Waals surface area contributed by atoms with Crippen LogP contribution in [-0.2, 0) is 21.1 Å². The van der Waals surface area contributed by atoms with Crippen LogP contribution < -0.4 is 5.32 Å². The number of sulfone groups is 1. The van der Waals surface area contributed by atoms with Gasteiger partial charge in [-0.1, -0.05) is 30.3 Å². The monoisotopic (exact) mass is 345 g/mol. The smallest absolute Gasteiger partial charge is 0.224 e. The van der Waals surface area contributed by atoms with Crippen molar-refractivity contribution in [1.29, 1.82) is 0 Å². The van der Waals surface area contributed by atoms with Crippen molar-refractivity contribution in [3.05, 3.63) is 64.7 Å². The van der Waals surface area contributed by atoms with E-state index < -0.39 is 9.84 Å². The zero-order valence-electron chi connectivity index (χ0n) is 14.5. The Bertz CT molecular complexity index is 839. The number of carbonyl (C=O) groups is 1. The molecule has 2 rings (SSSR count). The Hall–Kier alpha value is -2.14. The SMILES string of the molecule is Cc1ccc(CC(=O)N[C@H](C)c2ccc(S(C)(=O)=O)cc2)cc1C. The highest BCUT2D eigenvalue weighted by Gasteiger charge is 2.12. The van der Waals surface area contributed by atoms with Crippen LogP contribution in [0.25, 0.3) is 0 Å². The molecule has 128 valence electrons. The Morgan fingerprint density at radius 3 is 2.21 bits per heavy atom. The Balaban J connectivity index is 2.01. The summed E-state index contributed by atoms with van der Waals surface area (Å²) >= 11 is 0. The molecule has 0 aliphatic carbocycles. The fraction of sp³-hybridized carbons (Fsp3) is 0.316. The summed E-state index contributed by atoms with van der Waals surface area (Å²) in [4.78, 5) is 12.5. The predicted octanol–water partition coefficient (Wildman–Crippen LogP) is 3.13. The van der Waals surface area contributed by atoms with Crippen molar-refractivity contribution >= 4 is 15.7 Å². The molecule has 0 bridgehead atoms. The van der Waals surface area contributed by atoms with Crippen LogP contribution in [-0.4, -0.2) is 20.6 Å². The molecule has 0 saturated heterocycles. The lowest BCUT2D eigenvalue weighted by atomic mass is 10.0. The first kappa shape index (κ1) is 18.2. The summed E-state index contributed by atoms with van der Waals surface area (Å²) < 4.78 is 23.0. The minimum Gasteiger partial charge on any atom is -0.349 e. The van der Waals surface area contributed by atoms with Crippen molar-refractivity contribution in [2.45, 2.75) is 38.1 Å². The van der Waals surface area contributed by atoms with Crippen LogP contribution >= 0.6 is 0 Å². The van der Waals surface area contributed by atoms with E-state index in [9.17, 15) is 13.2 Å². The normalized spacial score (nSPS) is 12.7. The molecular weight excluding hydrogens is 322 g/mol. The highest BCUT2D eigenvalue weighted by molar-refractivity contribution is 7.90. The Morgan fingerprint density at radius 2 is 1.67 bits per heavy atom. The maximum Gasteiger partial charge on any atom is 0.224 e. The fourth-order valence-corrected chi connectivity index (χ4v) is 3.11. The third-order valence-corrected chi connectivity index (χ3v) is 5.25. The molecule has 2 aromatic rings. The highest BCUT2D eigenvalue weighted by atomic mass is 32.2. The molecule has 24 heavy (non-hydrogen) atoms. The van der Waals surface area contributed by atoms with Gasteiger partial charge in [0.2, 0.25) is 5.91 Å². The molecule has 1 amide bonds. The molecule has 0 aliphatic heterocycles. The molecule has 1 atom stereocenters. The summed E-state index contributed by atoms with van der Waals surface area (Å²) in [6.07, 6.45) is 1.50. The summed E-state index contributed by atoms with van der Waals surface area (Å²) in [5, 5.41) is 2.95. The van der Waals surface area contributed by atoms with Gasteiger partial charge in [-0.05, 0) is 55.2 Å². The first-order chi connectivity index (χ1) is 11.2. The zero-order valence-corrected chi connectivity index (χ0v) is 15.3. The van der Waals surface area contributed by atoms with Crippen LogP contribution in [0.15, 0.2) is 47.4 Å². The van der Waals surface area contributed by atoms with Gasteiger partial charge >= 0.3 is 0 Å². The molecule has 0 unspecified atom stereocenters. The molecule has 5 heteroatoms. The van der Waals surface area contributed by atoms with Gasteiger partial charge in [-0.2, -0.15) is 0 Å². The van der Waals surface area contributed by atoms with Gasteiger partial charge < -0.3 is 5.32 Å². The molecule has 4 nitrogen and oxygen atoms in total. The minimum atomic E-state index is -3.20. The van der Waals surface area contributed by atoms with E-state index in [1.165, 1.54) is 17.4 Å². The molecule has 0 fully saturated rings. The maximum absolute atomic E-state index is 12.2. The second-order valence-electron chi connectivity index (χ2n) is 6.23.